The molecule has 3 aromatic rings. The van der Waals surface area contributed by atoms with E-state index in [2.05, 4.69) is 64.4 Å². The lowest BCUT2D eigenvalue weighted by atomic mass is 9.97. The average molecular weight is 434 g/mol. The van der Waals surface area contributed by atoms with Crippen molar-refractivity contribution in [2.24, 2.45) is 7.05 Å². The fraction of sp³-hybridized carbons (Fsp3) is 0.346. The zero-order valence-corrected chi connectivity index (χ0v) is 19.0. The molecule has 32 heavy (non-hydrogen) atoms. The first-order chi connectivity index (χ1) is 15.6. The van der Waals surface area contributed by atoms with Gasteiger partial charge in [-0.1, -0.05) is 30.3 Å². The number of aromatic nitrogens is 1. The molecule has 6 heteroatoms. The normalized spacial score (nSPS) is 14.5. The first-order valence-corrected chi connectivity index (χ1v) is 11.0. The molecule has 1 aliphatic heterocycles. The second-order valence-corrected chi connectivity index (χ2v) is 8.22. The topological polar surface area (TPSA) is 55.7 Å². The molecular weight excluding hydrogens is 402 g/mol. The van der Waals surface area contributed by atoms with E-state index in [1.165, 1.54) is 16.8 Å². The summed E-state index contributed by atoms with van der Waals surface area (Å²) in [6.45, 7) is 2.42. The summed E-state index contributed by atoms with van der Waals surface area (Å²) < 4.78 is 12.8. The van der Waals surface area contributed by atoms with Gasteiger partial charge in [-0.15, -0.1) is 0 Å². The van der Waals surface area contributed by atoms with Crippen molar-refractivity contribution in [3.63, 3.8) is 0 Å². The number of rotatable bonds is 8. The SMILES string of the molecule is COc1ccc(CC(=O)NCC(c2cccn2C)N2CCc3ccccc3C2)cc1OC. The highest BCUT2D eigenvalue weighted by Gasteiger charge is 2.26. The van der Waals surface area contributed by atoms with E-state index >= 15 is 0 Å². The number of hydrogen-bond acceptors (Lipinski definition) is 4. The minimum absolute atomic E-state index is 0.00570. The summed E-state index contributed by atoms with van der Waals surface area (Å²) >= 11 is 0. The third-order valence-corrected chi connectivity index (χ3v) is 6.23. The standard InChI is InChI=1S/C26H31N3O3/c1-28-13-6-9-22(28)23(29-14-12-20-7-4-5-8-21(20)18-29)17-27-26(30)16-19-10-11-24(31-2)25(15-19)32-3/h4-11,13,15,23H,12,14,16-18H2,1-3H3,(H,27,30). The van der Waals surface area contributed by atoms with E-state index in [0.29, 0.717) is 24.5 Å². The summed E-state index contributed by atoms with van der Waals surface area (Å²) in [6.07, 6.45) is 3.38. The van der Waals surface area contributed by atoms with Crippen LogP contribution < -0.4 is 14.8 Å². The van der Waals surface area contributed by atoms with Crippen molar-refractivity contribution in [2.45, 2.75) is 25.4 Å². The van der Waals surface area contributed by atoms with Crippen molar-refractivity contribution < 1.29 is 14.3 Å². The molecule has 1 unspecified atom stereocenters. The number of methoxy groups -OCH3 is 2. The van der Waals surface area contributed by atoms with Crippen molar-refractivity contribution in [3.8, 4) is 11.5 Å². The Bertz CT molecular complexity index is 1080. The van der Waals surface area contributed by atoms with Crippen LogP contribution in [0, 0.1) is 0 Å². The summed E-state index contributed by atoms with van der Waals surface area (Å²) in [5.41, 5.74) is 4.89. The Labute approximate surface area is 189 Å². The zero-order valence-electron chi connectivity index (χ0n) is 19.0. The molecule has 1 atom stereocenters. The van der Waals surface area contributed by atoms with Gasteiger partial charge in [-0.3, -0.25) is 9.69 Å². The Balaban J connectivity index is 1.45. The summed E-state index contributed by atoms with van der Waals surface area (Å²) in [5.74, 6) is 1.28. The third-order valence-electron chi connectivity index (χ3n) is 6.23. The fourth-order valence-corrected chi connectivity index (χ4v) is 4.47. The minimum atomic E-state index is -0.00570. The number of aryl methyl sites for hydroxylation is 1. The van der Waals surface area contributed by atoms with Gasteiger partial charge in [0, 0.05) is 38.6 Å². The van der Waals surface area contributed by atoms with E-state index in [1.807, 2.05) is 18.2 Å². The second-order valence-electron chi connectivity index (χ2n) is 8.22. The van der Waals surface area contributed by atoms with Crippen LogP contribution in [0.15, 0.2) is 60.8 Å². The van der Waals surface area contributed by atoms with Crippen molar-refractivity contribution in [3.05, 3.63) is 83.2 Å². The molecule has 2 aromatic carbocycles. The van der Waals surface area contributed by atoms with Gasteiger partial charge in [-0.05, 0) is 47.4 Å². The molecule has 0 radical (unpaired) electrons. The van der Waals surface area contributed by atoms with Crippen LogP contribution in [0.1, 0.15) is 28.4 Å². The van der Waals surface area contributed by atoms with Gasteiger partial charge in [0.2, 0.25) is 5.91 Å². The third kappa shape index (κ3) is 4.81. The van der Waals surface area contributed by atoms with Gasteiger partial charge in [-0.2, -0.15) is 0 Å². The lowest BCUT2D eigenvalue weighted by Crippen LogP contribution is -2.41. The van der Waals surface area contributed by atoms with Crippen LogP contribution in [0.25, 0.3) is 0 Å². The first kappa shape index (κ1) is 22.0. The lowest BCUT2D eigenvalue weighted by molar-refractivity contribution is -0.120. The van der Waals surface area contributed by atoms with Crippen molar-refractivity contribution in [1.29, 1.82) is 0 Å². The molecule has 6 nitrogen and oxygen atoms in total. The largest absolute Gasteiger partial charge is 0.493 e. The molecule has 0 bridgehead atoms. The molecule has 1 aliphatic rings. The number of amides is 1. The van der Waals surface area contributed by atoms with Crippen LogP contribution in [0.5, 0.6) is 11.5 Å². The molecule has 0 aliphatic carbocycles. The van der Waals surface area contributed by atoms with Gasteiger partial charge in [0.25, 0.3) is 0 Å². The van der Waals surface area contributed by atoms with Crippen LogP contribution >= 0.6 is 0 Å². The quantitative estimate of drug-likeness (QED) is 0.591. The van der Waals surface area contributed by atoms with Crippen LogP contribution in [0.4, 0.5) is 0 Å². The molecule has 0 spiro atoms. The fourth-order valence-electron chi connectivity index (χ4n) is 4.47. The number of nitrogens with zero attached hydrogens (tertiary/aromatic N) is 2. The number of fused-ring (bicyclic) bond motifs is 1. The van der Waals surface area contributed by atoms with Crippen molar-refractivity contribution in [2.75, 3.05) is 27.3 Å². The van der Waals surface area contributed by atoms with Crippen molar-refractivity contribution in [1.82, 2.24) is 14.8 Å². The Morgan fingerprint density at radius 1 is 1.03 bits per heavy atom. The molecule has 1 N–H and O–H groups in total. The van der Waals surface area contributed by atoms with E-state index in [0.717, 1.165) is 25.1 Å². The van der Waals surface area contributed by atoms with Crippen LogP contribution in [-0.4, -0.2) is 42.7 Å². The smallest absolute Gasteiger partial charge is 0.224 e. The number of ether oxygens (including phenoxy) is 2. The maximum atomic E-state index is 12.8. The molecular formula is C26H31N3O3. The van der Waals surface area contributed by atoms with E-state index in [4.69, 9.17) is 9.47 Å². The highest BCUT2D eigenvalue weighted by atomic mass is 16.5. The Morgan fingerprint density at radius 3 is 2.53 bits per heavy atom. The second kappa shape index (κ2) is 9.92. The summed E-state index contributed by atoms with van der Waals surface area (Å²) in [6, 6.07) is 18.5. The number of carbonyl (C=O) groups excluding carboxylic acids is 1. The molecule has 1 amide bonds. The van der Waals surface area contributed by atoms with E-state index in [-0.39, 0.29) is 11.9 Å². The summed E-state index contributed by atoms with van der Waals surface area (Å²) in [7, 11) is 5.27. The van der Waals surface area contributed by atoms with E-state index in [9.17, 15) is 4.79 Å². The zero-order chi connectivity index (χ0) is 22.5. The predicted octanol–water partition coefficient (Wildman–Crippen LogP) is 3.50. The summed E-state index contributed by atoms with van der Waals surface area (Å²) in [4.78, 5) is 15.3. The number of hydrogen-bond donors (Lipinski definition) is 1. The predicted molar refractivity (Wildman–Crippen MR) is 125 cm³/mol. The number of carbonyl (C=O) groups is 1. The average Bonchev–Trinajstić information content (AvgIpc) is 3.24. The molecule has 0 saturated carbocycles. The molecule has 0 fully saturated rings. The van der Waals surface area contributed by atoms with Gasteiger partial charge < -0.3 is 19.4 Å². The van der Waals surface area contributed by atoms with Crippen LogP contribution in [0.3, 0.4) is 0 Å². The molecule has 0 saturated heterocycles. The van der Waals surface area contributed by atoms with Gasteiger partial charge in [0.05, 0.1) is 26.7 Å². The monoisotopic (exact) mass is 433 g/mol. The van der Waals surface area contributed by atoms with Gasteiger partial charge >= 0.3 is 0 Å². The maximum Gasteiger partial charge on any atom is 0.224 e. The maximum absolute atomic E-state index is 12.8. The summed E-state index contributed by atoms with van der Waals surface area (Å²) in [5, 5.41) is 3.17. The molecule has 168 valence electrons. The van der Waals surface area contributed by atoms with Gasteiger partial charge in [0.1, 0.15) is 0 Å². The van der Waals surface area contributed by atoms with Crippen LogP contribution in [0.2, 0.25) is 0 Å². The molecule has 4 rings (SSSR count). The van der Waals surface area contributed by atoms with Gasteiger partial charge in [0.15, 0.2) is 11.5 Å². The molecule has 2 heterocycles. The first-order valence-electron chi connectivity index (χ1n) is 11.0. The highest BCUT2D eigenvalue weighted by molar-refractivity contribution is 5.78. The number of benzene rings is 2. The van der Waals surface area contributed by atoms with Gasteiger partial charge in [-0.25, -0.2) is 0 Å². The van der Waals surface area contributed by atoms with Crippen LogP contribution in [-0.2, 0) is 31.2 Å². The highest BCUT2D eigenvalue weighted by Crippen LogP contribution is 2.29. The van der Waals surface area contributed by atoms with E-state index < -0.39 is 0 Å². The Hall–Kier alpha value is -3.25. The Morgan fingerprint density at radius 2 is 1.81 bits per heavy atom. The van der Waals surface area contributed by atoms with Crippen molar-refractivity contribution >= 4 is 5.91 Å². The number of nitrogens with one attached hydrogen (secondary N) is 1. The molecule has 1 aromatic heterocycles. The minimum Gasteiger partial charge on any atom is -0.493 e. The van der Waals surface area contributed by atoms with E-state index in [1.54, 1.807) is 14.2 Å². The Kier molecular flexibility index (Phi) is 6.81. The lowest BCUT2D eigenvalue weighted by Gasteiger charge is -2.36.